The number of carbonyl (C=O) groups is 1. The first-order valence-electron chi connectivity index (χ1n) is 5.05. The highest BCUT2D eigenvalue weighted by atomic mass is 32.2. The van der Waals surface area contributed by atoms with Crippen molar-refractivity contribution in [2.45, 2.75) is 11.0 Å². The number of ether oxygens (including phenoxy) is 1. The van der Waals surface area contributed by atoms with Gasteiger partial charge in [-0.3, -0.25) is 4.79 Å². The number of rotatable bonds is 5. The van der Waals surface area contributed by atoms with Crippen LogP contribution in [-0.2, 0) is 15.3 Å². The van der Waals surface area contributed by atoms with Crippen molar-refractivity contribution in [3.63, 3.8) is 0 Å². The van der Waals surface area contributed by atoms with Gasteiger partial charge in [-0.25, -0.2) is 0 Å². The van der Waals surface area contributed by atoms with Gasteiger partial charge in [0, 0.05) is 0 Å². The maximum atomic E-state index is 11.7. The molecule has 0 N–H and O–H groups in total. The highest BCUT2D eigenvalue weighted by Gasteiger charge is 2.22. The molecule has 17 heavy (non-hydrogen) atoms. The van der Waals surface area contributed by atoms with E-state index in [1.807, 2.05) is 29.0 Å². The van der Waals surface area contributed by atoms with Crippen LogP contribution < -0.4 is 0 Å². The molecule has 2 heterocycles. The second kappa shape index (κ2) is 5.93. The van der Waals surface area contributed by atoms with E-state index in [0.717, 1.165) is 11.3 Å². The van der Waals surface area contributed by atoms with Gasteiger partial charge in [-0.2, -0.15) is 11.3 Å². The summed E-state index contributed by atoms with van der Waals surface area (Å²) in [5.74, 6) is 1.29. The van der Waals surface area contributed by atoms with Crippen molar-refractivity contribution in [3.8, 4) is 0 Å². The lowest BCUT2D eigenvalue weighted by Gasteiger charge is -2.11. The molecule has 5 heteroatoms. The average molecular weight is 268 g/mol. The fraction of sp³-hybridized carbons (Fsp3) is 0.250. The van der Waals surface area contributed by atoms with Gasteiger partial charge < -0.3 is 9.15 Å². The van der Waals surface area contributed by atoms with E-state index in [1.54, 1.807) is 17.6 Å². The molecule has 1 atom stereocenters. The first-order chi connectivity index (χ1) is 8.31. The van der Waals surface area contributed by atoms with Gasteiger partial charge in [-0.1, -0.05) is 0 Å². The van der Waals surface area contributed by atoms with Crippen LogP contribution in [0.5, 0.6) is 0 Å². The van der Waals surface area contributed by atoms with Gasteiger partial charge in [-0.05, 0) is 34.5 Å². The molecule has 2 aromatic rings. The minimum absolute atomic E-state index is 0.222. The summed E-state index contributed by atoms with van der Waals surface area (Å²) < 4.78 is 10.1. The molecule has 0 aliphatic rings. The van der Waals surface area contributed by atoms with Crippen molar-refractivity contribution in [3.05, 3.63) is 46.5 Å². The Morgan fingerprint density at radius 1 is 1.59 bits per heavy atom. The van der Waals surface area contributed by atoms with Crippen molar-refractivity contribution in [1.29, 1.82) is 0 Å². The molecule has 0 unspecified atom stereocenters. The molecule has 3 nitrogen and oxygen atoms in total. The first kappa shape index (κ1) is 12.3. The molecule has 0 bridgehead atoms. The zero-order valence-corrected chi connectivity index (χ0v) is 10.9. The molecular weight excluding hydrogens is 256 g/mol. The zero-order valence-electron chi connectivity index (χ0n) is 9.29. The number of thioether (sulfide) groups is 1. The maximum absolute atomic E-state index is 11.7. The highest BCUT2D eigenvalue weighted by Crippen LogP contribution is 2.33. The van der Waals surface area contributed by atoms with E-state index in [0.29, 0.717) is 5.75 Å². The monoisotopic (exact) mass is 268 g/mol. The van der Waals surface area contributed by atoms with Gasteiger partial charge >= 0.3 is 5.97 Å². The molecule has 0 aliphatic heterocycles. The van der Waals surface area contributed by atoms with Crippen molar-refractivity contribution >= 4 is 29.1 Å². The van der Waals surface area contributed by atoms with Crippen LogP contribution in [0.1, 0.15) is 16.6 Å². The summed E-state index contributed by atoms with van der Waals surface area (Å²) in [4.78, 5) is 11.7. The van der Waals surface area contributed by atoms with Gasteiger partial charge in [0.05, 0.1) is 19.1 Å². The second-order valence-corrected chi connectivity index (χ2v) is 5.22. The number of furan rings is 1. The number of methoxy groups -OCH3 is 1. The molecule has 2 aromatic heterocycles. The third-order valence-electron chi connectivity index (χ3n) is 2.23. The predicted molar refractivity (Wildman–Crippen MR) is 69.1 cm³/mol. The number of hydrogen-bond acceptors (Lipinski definition) is 5. The fourth-order valence-electron chi connectivity index (χ4n) is 1.39. The summed E-state index contributed by atoms with van der Waals surface area (Å²) in [6.07, 6.45) is 1.63. The van der Waals surface area contributed by atoms with E-state index in [-0.39, 0.29) is 11.2 Å². The Morgan fingerprint density at radius 2 is 2.47 bits per heavy atom. The van der Waals surface area contributed by atoms with E-state index >= 15 is 0 Å². The van der Waals surface area contributed by atoms with Crippen molar-refractivity contribution < 1.29 is 13.9 Å². The molecule has 0 saturated carbocycles. The zero-order chi connectivity index (χ0) is 12.1. The summed E-state index contributed by atoms with van der Waals surface area (Å²) in [6, 6.07) is 5.68. The molecule has 90 valence electrons. The molecule has 2 rings (SSSR count). The quantitative estimate of drug-likeness (QED) is 0.778. The van der Waals surface area contributed by atoms with Crippen LogP contribution in [0.2, 0.25) is 0 Å². The molecular formula is C12H12O3S2. The van der Waals surface area contributed by atoms with Gasteiger partial charge in [0.25, 0.3) is 0 Å². The van der Waals surface area contributed by atoms with Crippen LogP contribution in [0.25, 0.3) is 0 Å². The predicted octanol–water partition coefficient (Wildman–Crippen LogP) is 3.49. The Labute approximate surface area is 108 Å². The van der Waals surface area contributed by atoms with Crippen LogP contribution in [0, 0.1) is 0 Å². The van der Waals surface area contributed by atoms with E-state index in [1.165, 1.54) is 18.9 Å². The Hall–Kier alpha value is -1.20. The average Bonchev–Trinajstić information content (AvgIpc) is 3.01. The summed E-state index contributed by atoms with van der Waals surface area (Å²) >= 11 is 3.08. The van der Waals surface area contributed by atoms with Crippen LogP contribution in [0.15, 0.2) is 39.6 Å². The minimum atomic E-state index is -0.281. The number of thiophene rings is 1. The topological polar surface area (TPSA) is 39.4 Å². The SMILES string of the molecule is COC(=O)[C@H](SCc1ccco1)c1ccsc1. The summed E-state index contributed by atoms with van der Waals surface area (Å²) in [5.41, 5.74) is 0.985. The highest BCUT2D eigenvalue weighted by molar-refractivity contribution is 7.99. The van der Waals surface area contributed by atoms with E-state index in [4.69, 9.17) is 9.15 Å². The first-order valence-corrected chi connectivity index (χ1v) is 7.04. The fourth-order valence-corrected chi connectivity index (χ4v) is 3.23. The van der Waals surface area contributed by atoms with Gasteiger partial charge in [0.1, 0.15) is 11.0 Å². The normalized spacial score (nSPS) is 12.3. The molecule has 0 aliphatic carbocycles. The third-order valence-corrected chi connectivity index (χ3v) is 4.18. The van der Waals surface area contributed by atoms with Crippen LogP contribution in [0.3, 0.4) is 0 Å². The van der Waals surface area contributed by atoms with Crippen LogP contribution in [0.4, 0.5) is 0 Å². The standard InChI is InChI=1S/C12H12O3S2/c1-14-12(13)11(9-4-6-16-7-9)17-8-10-3-2-5-15-10/h2-7,11H,8H2,1H3/t11-/m1/s1. The lowest BCUT2D eigenvalue weighted by Crippen LogP contribution is -2.10. The third kappa shape index (κ3) is 3.14. The van der Waals surface area contributed by atoms with Crippen molar-refractivity contribution in [2.75, 3.05) is 7.11 Å². The van der Waals surface area contributed by atoms with Crippen LogP contribution in [-0.4, -0.2) is 13.1 Å². The molecule has 0 spiro atoms. The molecule has 0 radical (unpaired) electrons. The Bertz CT molecular complexity index is 448. The van der Waals surface area contributed by atoms with E-state index in [2.05, 4.69) is 0 Å². The smallest absolute Gasteiger partial charge is 0.323 e. The number of hydrogen-bond donors (Lipinski definition) is 0. The van der Waals surface area contributed by atoms with Crippen LogP contribution >= 0.6 is 23.1 Å². The number of carbonyl (C=O) groups excluding carboxylic acids is 1. The molecule has 0 saturated heterocycles. The minimum Gasteiger partial charge on any atom is -0.468 e. The Morgan fingerprint density at radius 3 is 3.06 bits per heavy atom. The molecule has 0 fully saturated rings. The van der Waals surface area contributed by atoms with E-state index < -0.39 is 0 Å². The molecule has 0 amide bonds. The molecule has 0 aromatic carbocycles. The van der Waals surface area contributed by atoms with Crippen molar-refractivity contribution in [1.82, 2.24) is 0 Å². The summed E-state index contributed by atoms with van der Waals surface area (Å²) in [7, 11) is 1.41. The van der Waals surface area contributed by atoms with Crippen molar-refractivity contribution in [2.24, 2.45) is 0 Å². The second-order valence-electron chi connectivity index (χ2n) is 3.35. The summed E-state index contributed by atoms with van der Waals surface area (Å²) in [6.45, 7) is 0. The van der Waals surface area contributed by atoms with Gasteiger partial charge in [0.15, 0.2) is 0 Å². The van der Waals surface area contributed by atoms with Gasteiger partial charge in [0.2, 0.25) is 0 Å². The Balaban J connectivity index is 2.04. The van der Waals surface area contributed by atoms with Gasteiger partial charge in [-0.15, -0.1) is 11.8 Å². The lowest BCUT2D eigenvalue weighted by molar-refractivity contribution is -0.140. The summed E-state index contributed by atoms with van der Waals surface area (Å²) in [5, 5.41) is 3.64. The van der Waals surface area contributed by atoms with E-state index in [9.17, 15) is 4.79 Å². The maximum Gasteiger partial charge on any atom is 0.323 e. The number of esters is 1. The largest absolute Gasteiger partial charge is 0.468 e. The Kier molecular flexibility index (Phi) is 4.28. The lowest BCUT2D eigenvalue weighted by atomic mass is 10.2.